The first-order valence-corrected chi connectivity index (χ1v) is 29.1. The van der Waals surface area contributed by atoms with Crippen molar-refractivity contribution in [3.05, 3.63) is 0 Å². The molecule has 0 aromatic rings. The molecule has 392 valence electrons. The Bertz CT molecular complexity index is 1010. The van der Waals surface area contributed by atoms with Gasteiger partial charge in [-0.05, 0) is 85.9 Å². The second-order valence-corrected chi connectivity index (χ2v) is 20.6. The third kappa shape index (κ3) is 47.4. The number of ether oxygens (including phenoxy) is 3. The van der Waals surface area contributed by atoms with Crippen molar-refractivity contribution in [2.24, 2.45) is 0 Å². The summed E-state index contributed by atoms with van der Waals surface area (Å²) in [5.74, 6) is -0.439. The molecule has 0 aliphatic heterocycles. The van der Waals surface area contributed by atoms with Gasteiger partial charge in [-0.2, -0.15) is 0 Å². The first-order valence-electron chi connectivity index (χ1n) is 29.1. The van der Waals surface area contributed by atoms with Gasteiger partial charge in [-0.1, -0.05) is 213 Å². The van der Waals surface area contributed by atoms with Crippen LogP contribution < -0.4 is 0 Å². The maximum atomic E-state index is 13.0. The summed E-state index contributed by atoms with van der Waals surface area (Å²) in [6.07, 6.45) is 47.8. The smallest absolute Gasteiger partial charge is 0.307 e. The Morgan fingerprint density at radius 1 is 0.318 bits per heavy atom. The predicted octanol–water partition coefficient (Wildman–Crippen LogP) is 16.7. The van der Waals surface area contributed by atoms with Gasteiger partial charge in [0.25, 0.3) is 0 Å². The number of nitrogens with zero attached hydrogens (tertiary/aromatic N) is 2. The predicted molar refractivity (Wildman–Crippen MR) is 282 cm³/mol. The zero-order valence-electron chi connectivity index (χ0n) is 45.4. The Labute approximate surface area is 411 Å². The Balaban J connectivity index is 4.62. The number of hydrogen-bond acceptors (Lipinski definition) is 8. The lowest BCUT2D eigenvalue weighted by Crippen LogP contribution is -2.33. The fourth-order valence-electron chi connectivity index (χ4n) is 9.11. The highest BCUT2D eigenvalue weighted by Crippen LogP contribution is 2.17. The van der Waals surface area contributed by atoms with Gasteiger partial charge in [0.2, 0.25) is 0 Å². The van der Waals surface area contributed by atoms with Crippen molar-refractivity contribution in [2.45, 2.75) is 317 Å². The summed E-state index contributed by atoms with van der Waals surface area (Å²) >= 11 is 0. The van der Waals surface area contributed by atoms with Gasteiger partial charge in [0.15, 0.2) is 0 Å². The molecule has 0 saturated heterocycles. The van der Waals surface area contributed by atoms with Gasteiger partial charge in [0, 0.05) is 19.6 Å². The molecule has 0 amide bonds. The summed E-state index contributed by atoms with van der Waals surface area (Å²) in [6.45, 7) is 16.2. The summed E-state index contributed by atoms with van der Waals surface area (Å²) < 4.78 is 17.4. The molecule has 0 aliphatic carbocycles. The molecular formula is C58H114N2O6. The highest BCUT2D eigenvalue weighted by Gasteiger charge is 2.17. The molecule has 0 spiro atoms. The molecule has 3 unspecified atom stereocenters. The SMILES string of the molecule is CCCCCCCCCCCCCC(C)OC(=O)CCN(C)CCCN(CCC(=O)OC(C)CCCCCCCCCCCCC)CCC(=O)OC(C)CCCCCCCCCCCCC. The zero-order valence-corrected chi connectivity index (χ0v) is 45.4. The maximum Gasteiger partial charge on any atom is 0.307 e. The van der Waals surface area contributed by atoms with Crippen molar-refractivity contribution < 1.29 is 28.6 Å². The van der Waals surface area contributed by atoms with Crippen molar-refractivity contribution in [1.82, 2.24) is 9.80 Å². The molecule has 0 aromatic heterocycles. The van der Waals surface area contributed by atoms with Gasteiger partial charge in [-0.3, -0.25) is 14.4 Å². The second-order valence-electron chi connectivity index (χ2n) is 20.6. The van der Waals surface area contributed by atoms with E-state index in [-0.39, 0.29) is 36.2 Å². The third-order valence-corrected chi connectivity index (χ3v) is 13.6. The molecule has 0 aliphatic rings. The molecule has 0 aromatic carbocycles. The monoisotopic (exact) mass is 935 g/mol. The summed E-state index contributed by atoms with van der Waals surface area (Å²) in [5.41, 5.74) is 0. The lowest BCUT2D eigenvalue weighted by atomic mass is 10.0. The second kappa shape index (κ2) is 49.7. The molecule has 0 rings (SSSR count). The van der Waals surface area contributed by atoms with Gasteiger partial charge in [-0.25, -0.2) is 0 Å². The van der Waals surface area contributed by atoms with Crippen LogP contribution in [0.4, 0.5) is 0 Å². The van der Waals surface area contributed by atoms with E-state index in [2.05, 4.69) is 37.6 Å². The minimum absolute atomic E-state index is 0.0339. The van der Waals surface area contributed by atoms with Crippen LogP contribution in [0.25, 0.3) is 0 Å². The Morgan fingerprint density at radius 3 is 0.833 bits per heavy atom. The number of unbranched alkanes of at least 4 members (excludes halogenated alkanes) is 30. The Morgan fingerprint density at radius 2 is 0.561 bits per heavy atom. The van der Waals surface area contributed by atoms with E-state index in [0.29, 0.717) is 38.9 Å². The van der Waals surface area contributed by atoms with Crippen molar-refractivity contribution in [1.29, 1.82) is 0 Å². The molecule has 66 heavy (non-hydrogen) atoms. The molecule has 0 radical (unpaired) electrons. The van der Waals surface area contributed by atoms with Gasteiger partial charge in [0.05, 0.1) is 37.6 Å². The van der Waals surface area contributed by atoms with Crippen LogP contribution in [0.2, 0.25) is 0 Å². The van der Waals surface area contributed by atoms with E-state index >= 15 is 0 Å². The van der Waals surface area contributed by atoms with Crippen molar-refractivity contribution >= 4 is 17.9 Å². The van der Waals surface area contributed by atoms with Crippen LogP contribution in [0, 0.1) is 0 Å². The normalized spacial score (nSPS) is 13.0. The molecule has 0 heterocycles. The summed E-state index contributed by atoms with van der Waals surface area (Å²) in [6, 6.07) is 0. The van der Waals surface area contributed by atoms with Crippen molar-refractivity contribution in [3.63, 3.8) is 0 Å². The lowest BCUT2D eigenvalue weighted by molar-refractivity contribution is -0.150. The molecule has 0 saturated carbocycles. The van der Waals surface area contributed by atoms with Gasteiger partial charge in [-0.15, -0.1) is 0 Å². The number of hydrogen-bond donors (Lipinski definition) is 0. The topological polar surface area (TPSA) is 85.4 Å². The minimum Gasteiger partial charge on any atom is -0.463 e. The number of carbonyl (C=O) groups is 3. The average molecular weight is 936 g/mol. The highest BCUT2D eigenvalue weighted by molar-refractivity contribution is 5.70. The first kappa shape index (κ1) is 64.3. The molecule has 3 atom stereocenters. The van der Waals surface area contributed by atoms with Crippen LogP contribution in [0.1, 0.15) is 298 Å². The Kier molecular flexibility index (Phi) is 48.5. The Hall–Kier alpha value is -1.67. The number of esters is 3. The number of carbonyl (C=O) groups excluding carboxylic acids is 3. The molecule has 0 fully saturated rings. The van der Waals surface area contributed by atoms with Crippen LogP contribution in [0.15, 0.2) is 0 Å². The molecule has 8 heteroatoms. The molecule has 0 N–H and O–H groups in total. The van der Waals surface area contributed by atoms with Crippen LogP contribution in [0.5, 0.6) is 0 Å². The minimum atomic E-state index is -0.160. The number of rotatable bonds is 52. The quantitative estimate of drug-likeness (QED) is 0.0339. The first-order chi connectivity index (χ1) is 32.1. The van der Waals surface area contributed by atoms with Crippen LogP contribution in [-0.2, 0) is 28.6 Å². The maximum absolute atomic E-state index is 13.0. The van der Waals surface area contributed by atoms with Crippen LogP contribution in [0.3, 0.4) is 0 Å². The fourth-order valence-corrected chi connectivity index (χ4v) is 9.11. The van der Waals surface area contributed by atoms with Gasteiger partial charge in [0.1, 0.15) is 0 Å². The van der Waals surface area contributed by atoms with E-state index in [1.54, 1.807) is 0 Å². The van der Waals surface area contributed by atoms with E-state index in [0.717, 1.165) is 58.0 Å². The summed E-state index contributed by atoms with van der Waals surface area (Å²) in [5, 5.41) is 0. The molecule has 8 nitrogen and oxygen atoms in total. The summed E-state index contributed by atoms with van der Waals surface area (Å²) in [7, 11) is 2.05. The average Bonchev–Trinajstić information content (AvgIpc) is 3.29. The molecular weight excluding hydrogens is 821 g/mol. The highest BCUT2D eigenvalue weighted by atomic mass is 16.5. The van der Waals surface area contributed by atoms with Crippen LogP contribution in [-0.4, -0.2) is 85.8 Å². The van der Waals surface area contributed by atoms with Crippen molar-refractivity contribution in [2.75, 3.05) is 39.8 Å². The zero-order chi connectivity index (χ0) is 48.6. The molecule has 0 bridgehead atoms. The van der Waals surface area contributed by atoms with E-state index in [1.165, 1.54) is 193 Å². The summed E-state index contributed by atoms with van der Waals surface area (Å²) in [4.78, 5) is 43.0. The van der Waals surface area contributed by atoms with E-state index in [9.17, 15) is 14.4 Å². The fraction of sp³-hybridized carbons (Fsp3) is 0.948. The van der Waals surface area contributed by atoms with Gasteiger partial charge >= 0.3 is 17.9 Å². The van der Waals surface area contributed by atoms with Crippen molar-refractivity contribution in [3.8, 4) is 0 Å². The largest absolute Gasteiger partial charge is 0.463 e. The standard InChI is InChI=1S/C58H114N2O6/c1-8-11-14-17-20-23-26-29-32-35-38-42-53(4)64-56(61)45-50-59(7)48-41-49-60(51-46-57(62)65-54(5)43-39-36-33-30-27-24-21-18-15-12-9-2)52-47-58(63)66-55(6)44-40-37-34-31-28-25-22-19-16-13-10-3/h53-55H,8-52H2,1-7H3. The van der Waals surface area contributed by atoms with E-state index in [4.69, 9.17) is 14.2 Å². The van der Waals surface area contributed by atoms with E-state index in [1.807, 2.05) is 20.8 Å². The van der Waals surface area contributed by atoms with E-state index < -0.39 is 0 Å². The van der Waals surface area contributed by atoms with Gasteiger partial charge < -0.3 is 24.0 Å². The third-order valence-electron chi connectivity index (χ3n) is 13.6. The van der Waals surface area contributed by atoms with Crippen LogP contribution >= 0.6 is 0 Å². The lowest BCUT2D eigenvalue weighted by Gasteiger charge is -2.24.